The molecule has 0 saturated heterocycles. The summed E-state index contributed by atoms with van der Waals surface area (Å²) in [5.74, 6) is 1.16. The van der Waals surface area contributed by atoms with E-state index in [2.05, 4.69) is 13.2 Å². The van der Waals surface area contributed by atoms with Crippen LogP contribution in [0.15, 0.2) is 49.9 Å². The lowest BCUT2D eigenvalue weighted by atomic mass is 10.3. The molecule has 16 heavy (non-hydrogen) atoms. The molecule has 0 aliphatic rings. The van der Waals surface area contributed by atoms with Gasteiger partial charge in [0, 0.05) is 0 Å². The molecule has 0 heterocycles. The van der Waals surface area contributed by atoms with E-state index in [1.807, 2.05) is 12.1 Å². The molecule has 0 bridgehead atoms. The second kappa shape index (κ2) is 7.23. The molecule has 0 unspecified atom stereocenters. The molecule has 1 rings (SSSR count). The number of ether oxygens (including phenoxy) is 4. The molecule has 1 aromatic rings. The van der Waals surface area contributed by atoms with Gasteiger partial charge < -0.3 is 18.9 Å². The minimum Gasteiger partial charge on any atom is -0.466 e. The van der Waals surface area contributed by atoms with E-state index >= 15 is 0 Å². The highest BCUT2D eigenvalue weighted by molar-refractivity contribution is 5.39. The smallest absolute Gasteiger partial charge is 0.230 e. The Kier molecular flexibility index (Phi) is 5.41. The van der Waals surface area contributed by atoms with Crippen molar-refractivity contribution in [2.24, 2.45) is 0 Å². The molecular weight excluding hydrogens is 208 g/mol. The maximum atomic E-state index is 5.31. The first-order chi connectivity index (χ1) is 7.88. The predicted octanol–water partition coefficient (Wildman–Crippen LogP) is 2.68. The first kappa shape index (κ1) is 12.0. The number of hydrogen-bond acceptors (Lipinski definition) is 4. The summed E-state index contributed by atoms with van der Waals surface area (Å²) >= 11 is 0. The third-order valence-electron chi connectivity index (χ3n) is 1.65. The lowest BCUT2D eigenvalue weighted by molar-refractivity contribution is 0.0591. The van der Waals surface area contributed by atoms with Crippen LogP contribution in [-0.2, 0) is 9.47 Å². The molecule has 1 aromatic carbocycles. The fraction of sp³-hybridized carbons (Fsp3) is 0.167. The van der Waals surface area contributed by atoms with E-state index in [-0.39, 0.29) is 13.6 Å². The molecule has 0 N–H and O–H groups in total. The van der Waals surface area contributed by atoms with Crippen LogP contribution in [0.2, 0.25) is 0 Å². The van der Waals surface area contributed by atoms with Gasteiger partial charge in [-0.05, 0) is 12.1 Å². The van der Waals surface area contributed by atoms with Gasteiger partial charge in [0.2, 0.25) is 13.6 Å². The van der Waals surface area contributed by atoms with Gasteiger partial charge in [-0.25, -0.2) is 0 Å². The van der Waals surface area contributed by atoms with Crippen molar-refractivity contribution in [3.05, 3.63) is 49.9 Å². The van der Waals surface area contributed by atoms with E-state index in [0.29, 0.717) is 11.5 Å². The van der Waals surface area contributed by atoms with Gasteiger partial charge in [0.1, 0.15) is 0 Å². The van der Waals surface area contributed by atoms with Crippen LogP contribution < -0.4 is 9.47 Å². The van der Waals surface area contributed by atoms with Gasteiger partial charge in [-0.1, -0.05) is 25.3 Å². The van der Waals surface area contributed by atoms with Crippen LogP contribution in [0.25, 0.3) is 0 Å². The molecule has 86 valence electrons. The van der Waals surface area contributed by atoms with E-state index in [1.54, 1.807) is 12.1 Å². The highest BCUT2D eigenvalue weighted by Crippen LogP contribution is 2.26. The van der Waals surface area contributed by atoms with Crippen LogP contribution in [0.3, 0.4) is 0 Å². The fourth-order valence-electron chi connectivity index (χ4n) is 0.980. The Morgan fingerprint density at radius 3 is 1.69 bits per heavy atom. The lowest BCUT2D eigenvalue weighted by Crippen LogP contribution is -2.03. The number of para-hydroxylation sites is 2. The third kappa shape index (κ3) is 3.96. The van der Waals surface area contributed by atoms with Crippen molar-refractivity contribution < 1.29 is 18.9 Å². The Labute approximate surface area is 94.7 Å². The predicted molar refractivity (Wildman–Crippen MR) is 60.0 cm³/mol. The quantitative estimate of drug-likeness (QED) is 0.385. The first-order valence-corrected chi connectivity index (χ1v) is 4.68. The maximum Gasteiger partial charge on any atom is 0.230 e. The second-order valence-electron chi connectivity index (χ2n) is 2.64. The van der Waals surface area contributed by atoms with Crippen molar-refractivity contribution in [1.82, 2.24) is 0 Å². The summed E-state index contributed by atoms with van der Waals surface area (Å²) in [6, 6.07) is 7.22. The Morgan fingerprint density at radius 1 is 0.875 bits per heavy atom. The van der Waals surface area contributed by atoms with Gasteiger partial charge in [-0.15, -0.1) is 0 Å². The van der Waals surface area contributed by atoms with Gasteiger partial charge >= 0.3 is 0 Å². The average Bonchev–Trinajstić information content (AvgIpc) is 2.32. The van der Waals surface area contributed by atoms with Crippen molar-refractivity contribution in [3.63, 3.8) is 0 Å². The number of benzene rings is 1. The lowest BCUT2D eigenvalue weighted by Gasteiger charge is -2.11. The summed E-state index contributed by atoms with van der Waals surface area (Å²) < 4.78 is 20.3. The highest BCUT2D eigenvalue weighted by Gasteiger charge is 2.03. The summed E-state index contributed by atoms with van der Waals surface area (Å²) in [5.41, 5.74) is 0. The Bertz CT molecular complexity index is 303. The summed E-state index contributed by atoms with van der Waals surface area (Å²) in [7, 11) is 0. The van der Waals surface area contributed by atoms with Crippen molar-refractivity contribution in [2.45, 2.75) is 0 Å². The summed E-state index contributed by atoms with van der Waals surface area (Å²) in [6.07, 6.45) is 2.62. The molecule has 0 atom stereocenters. The zero-order chi connectivity index (χ0) is 11.6. The molecule has 0 saturated carbocycles. The van der Waals surface area contributed by atoms with Crippen LogP contribution in [-0.4, -0.2) is 13.6 Å². The minimum absolute atomic E-state index is 0.0895. The number of rotatable bonds is 8. The monoisotopic (exact) mass is 222 g/mol. The zero-order valence-corrected chi connectivity index (χ0v) is 8.93. The largest absolute Gasteiger partial charge is 0.466 e. The van der Waals surface area contributed by atoms with Gasteiger partial charge in [0.15, 0.2) is 11.5 Å². The normalized spacial score (nSPS) is 9.00. The topological polar surface area (TPSA) is 36.9 Å². The van der Waals surface area contributed by atoms with Gasteiger partial charge in [0.05, 0.1) is 12.5 Å². The standard InChI is InChI=1S/C12H14O4/c1-3-13-9-15-11-7-5-6-8-12(11)16-10-14-4-2/h3-8H,1-2,9-10H2. The van der Waals surface area contributed by atoms with Crippen molar-refractivity contribution in [2.75, 3.05) is 13.6 Å². The van der Waals surface area contributed by atoms with E-state index in [4.69, 9.17) is 18.9 Å². The molecule has 4 nitrogen and oxygen atoms in total. The summed E-state index contributed by atoms with van der Waals surface area (Å²) in [4.78, 5) is 0. The van der Waals surface area contributed by atoms with Crippen LogP contribution in [0, 0.1) is 0 Å². The average molecular weight is 222 g/mol. The Hall–Kier alpha value is -2.10. The third-order valence-corrected chi connectivity index (χ3v) is 1.65. The first-order valence-electron chi connectivity index (χ1n) is 4.68. The molecule has 0 aromatic heterocycles. The molecule has 4 heteroatoms. The Balaban J connectivity index is 2.52. The van der Waals surface area contributed by atoms with Crippen LogP contribution >= 0.6 is 0 Å². The SMILES string of the molecule is C=COCOc1ccccc1OCOC=C. The van der Waals surface area contributed by atoms with E-state index < -0.39 is 0 Å². The highest BCUT2D eigenvalue weighted by atomic mass is 16.7. The molecular formula is C12H14O4. The minimum atomic E-state index is 0.0895. The molecule has 0 aliphatic carbocycles. The van der Waals surface area contributed by atoms with E-state index in [9.17, 15) is 0 Å². The van der Waals surface area contributed by atoms with Gasteiger partial charge in [-0.3, -0.25) is 0 Å². The second-order valence-corrected chi connectivity index (χ2v) is 2.64. The molecule has 0 radical (unpaired) electrons. The maximum absolute atomic E-state index is 5.31. The molecule has 0 spiro atoms. The van der Waals surface area contributed by atoms with Crippen LogP contribution in [0.5, 0.6) is 11.5 Å². The van der Waals surface area contributed by atoms with E-state index in [1.165, 1.54) is 12.5 Å². The van der Waals surface area contributed by atoms with Crippen molar-refractivity contribution in [1.29, 1.82) is 0 Å². The van der Waals surface area contributed by atoms with Gasteiger partial charge in [0.25, 0.3) is 0 Å². The molecule has 0 amide bonds. The Morgan fingerprint density at radius 2 is 1.31 bits per heavy atom. The van der Waals surface area contributed by atoms with E-state index in [0.717, 1.165) is 0 Å². The van der Waals surface area contributed by atoms with Crippen molar-refractivity contribution >= 4 is 0 Å². The summed E-state index contributed by atoms with van der Waals surface area (Å²) in [6.45, 7) is 7.00. The molecule has 0 fully saturated rings. The molecule has 0 aliphatic heterocycles. The van der Waals surface area contributed by atoms with Crippen molar-refractivity contribution in [3.8, 4) is 11.5 Å². The number of hydrogen-bond donors (Lipinski definition) is 0. The van der Waals surface area contributed by atoms with Crippen LogP contribution in [0.4, 0.5) is 0 Å². The zero-order valence-electron chi connectivity index (χ0n) is 8.93. The van der Waals surface area contributed by atoms with Crippen LogP contribution in [0.1, 0.15) is 0 Å². The fourth-order valence-corrected chi connectivity index (χ4v) is 0.980. The summed E-state index contributed by atoms with van der Waals surface area (Å²) in [5, 5.41) is 0. The van der Waals surface area contributed by atoms with Gasteiger partial charge in [-0.2, -0.15) is 0 Å².